The van der Waals surface area contributed by atoms with Crippen LogP contribution in [0.5, 0.6) is 0 Å². The van der Waals surface area contributed by atoms with Gasteiger partial charge in [-0.15, -0.1) is 0 Å². The SMILES string of the molecule is O=C(N[C@@H](Cc1ccc(-c2ccccc2)cc1F)C(=O)O)OCC1c2ccccc2-c2ccccc21. The molecule has 1 atom stereocenters. The van der Waals surface area contributed by atoms with Gasteiger partial charge in [0, 0.05) is 12.3 Å². The van der Waals surface area contributed by atoms with Crippen LogP contribution in [0.3, 0.4) is 0 Å². The van der Waals surface area contributed by atoms with Crippen LogP contribution in [0, 0.1) is 5.82 Å². The zero-order valence-corrected chi connectivity index (χ0v) is 19.4. The maximum Gasteiger partial charge on any atom is 0.407 e. The molecule has 0 aromatic heterocycles. The summed E-state index contributed by atoms with van der Waals surface area (Å²) in [7, 11) is 0. The van der Waals surface area contributed by atoms with Gasteiger partial charge in [-0.25, -0.2) is 14.0 Å². The molecular weight excluding hydrogens is 457 g/mol. The molecule has 0 spiro atoms. The third-order valence-corrected chi connectivity index (χ3v) is 6.52. The summed E-state index contributed by atoms with van der Waals surface area (Å²) in [5, 5.41) is 12.0. The van der Waals surface area contributed by atoms with Crippen LogP contribution in [-0.2, 0) is 16.0 Å². The van der Waals surface area contributed by atoms with E-state index in [1.807, 2.05) is 78.9 Å². The summed E-state index contributed by atoms with van der Waals surface area (Å²) in [5.41, 5.74) is 6.05. The van der Waals surface area contributed by atoms with Crippen LogP contribution in [0.15, 0.2) is 97.1 Å². The number of carbonyl (C=O) groups is 2. The monoisotopic (exact) mass is 481 g/mol. The summed E-state index contributed by atoms with van der Waals surface area (Å²) >= 11 is 0. The average molecular weight is 482 g/mol. The lowest BCUT2D eigenvalue weighted by Crippen LogP contribution is -2.43. The molecule has 0 bridgehead atoms. The Balaban J connectivity index is 1.25. The lowest BCUT2D eigenvalue weighted by atomic mass is 9.98. The number of hydrogen-bond donors (Lipinski definition) is 2. The molecule has 0 aliphatic heterocycles. The van der Waals surface area contributed by atoms with Gasteiger partial charge in [0.05, 0.1) is 0 Å². The third kappa shape index (κ3) is 4.70. The van der Waals surface area contributed by atoms with E-state index in [0.717, 1.165) is 27.8 Å². The number of benzene rings is 4. The highest BCUT2D eigenvalue weighted by Crippen LogP contribution is 2.44. The van der Waals surface area contributed by atoms with Gasteiger partial charge in [-0.2, -0.15) is 0 Å². The number of alkyl carbamates (subject to hydrolysis) is 1. The zero-order chi connectivity index (χ0) is 25.1. The molecule has 0 saturated carbocycles. The van der Waals surface area contributed by atoms with Crippen molar-refractivity contribution in [2.75, 3.05) is 6.61 Å². The van der Waals surface area contributed by atoms with Crippen LogP contribution in [-0.4, -0.2) is 29.8 Å². The predicted molar refractivity (Wildman–Crippen MR) is 135 cm³/mol. The quantitative estimate of drug-likeness (QED) is 0.338. The number of nitrogens with one attached hydrogen (secondary N) is 1. The normalized spacial score (nSPS) is 12.9. The van der Waals surface area contributed by atoms with Crippen molar-refractivity contribution >= 4 is 12.1 Å². The molecule has 180 valence electrons. The fourth-order valence-corrected chi connectivity index (χ4v) is 4.73. The molecule has 0 saturated heterocycles. The summed E-state index contributed by atoms with van der Waals surface area (Å²) < 4.78 is 20.3. The molecule has 6 heteroatoms. The summed E-state index contributed by atoms with van der Waals surface area (Å²) in [6.45, 7) is 0.0618. The zero-order valence-electron chi connectivity index (χ0n) is 19.4. The molecule has 4 aromatic rings. The summed E-state index contributed by atoms with van der Waals surface area (Å²) in [4.78, 5) is 24.4. The summed E-state index contributed by atoms with van der Waals surface area (Å²) in [5.74, 6) is -1.94. The first-order valence-corrected chi connectivity index (χ1v) is 11.7. The standard InChI is InChI=1S/C30H24FNO4/c31-27-16-20(19-8-2-1-3-9-19)14-15-21(27)17-28(29(33)34)32-30(35)36-18-26-24-12-6-4-10-22(24)23-11-5-7-13-25(23)26/h1-16,26,28H,17-18H2,(H,32,35)(H,33,34)/t28-/m0/s1. The Bertz CT molecular complexity index is 1370. The molecule has 0 heterocycles. The van der Waals surface area contributed by atoms with Crippen molar-refractivity contribution in [3.8, 4) is 22.3 Å². The highest BCUT2D eigenvalue weighted by Gasteiger charge is 2.30. The van der Waals surface area contributed by atoms with Crippen molar-refractivity contribution in [2.45, 2.75) is 18.4 Å². The van der Waals surface area contributed by atoms with Crippen molar-refractivity contribution in [2.24, 2.45) is 0 Å². The van der Waals surface area contributed by atoms with Crippen LogP contribution >= 0.6 is 0 Å². The molecule has 2 N–H and O–H groups in total. The number of halogens is 1. The van der Waals surface area contributed by atoms with Crippen LogP contribution in [0.25, 0.3) is 22.3 Å². The number of ether oxygens (including phenoxy) is 1. The fraction of sp³-hybridized carbons (Fsp3) is 0.133. The number of amides is 1. The van der Waals surface area contributed by atoms with E-state index in [9.17, 15) is 19.1 Å². The third-order valence-electron chi connectivity index (χ3n) is 6.52. The fourth-order valence-electron chi connectivity index (χ4n) is 4.73. The molecule has 0 radical (unpaired) electrons. The maximum atomic E-state index is 14.8. The van der Waals surface area contributed by atoms with E-state index < -0.39 is 23.9 Å². The Morgan fingerprint density at radius 2 is 1.44 bits per heavy atom. The lowest BCUT2D eigenvalue weighted by molar-refractivity contribution is -0.139. The molecule has 5 nitrogen and oxygen atoms in total. The molecule has 1 aliphatic carbocycles. The van der Waals surface area contributed by atoms with Gasteiger partial charge in [0.1, 0.15) is 18.5 Å². The van der Waals surface area contributed by atoms with E-state index in [0.29, 0.717) is 5.56 Å². The lowest BCUT2D eigenvalue weighted by Gasteiger charge is -2.18. The molecule has 4 aromatic carbocycles. The van der Waals surface area contributed by atoms with Crippen molar-refractivity contribution in [3.05, 3.63) is 120 Å². The Labute approximate surface area is 208 Å². The van der Waals surface area contributed by atoms with Gasteiger partial charge in [0.15, 0.2) is 0 Å². The largest absolute Gasteiger partial charge is 0.480 e. The number of hydrogen-bond acceptors (Lipinski definition) is 3. The van der Waals surface area contributed by atoms with Gasteiger partial charge < -0.3 is 15.2 Å². The summed E-state index contributed by atoms with van der Waals surface area (Å²) in [6, 6.07) is 28.5. The van der Waals surface area contributed by atoms with Gasteiger partial charge in [0.25, 0.3) is 0 Å². The number of rotatable bonds is 7. The van der Waals surface area contributed by atoms with Crippen LogP contribution in [0.2, 0.25) is 0 Å². The molecule has 5 rings (SSSR count). The molecular formula is C30H24FNO4. The second kappa shape index (κ2) is 10.0. The maximum absolute atomic E-state index is 14.8. The predicted octanol–water partition coefficient (Wildman–Crippen LogP) is 6.03. The van der Waals surface area contributed by atoms with E-state index in [1.54, 1.807) is 12.1 Å². The van der Waals surface area contributed by atoms with E-state index >= 15 is 0 Å². The molecule has 1 amide bonds. The van der Waals surface area contributed by atoms with Crippen molar-refractivity contribution < 1.29 is 23.8 Å². The van der Waals surface area contributed by atoms with Gasteiger partial charge in [-0.1, -0.05) is 91.0 Å². The van der Waals surface area contributed by atoms with Gasteiger partial charge in [-0.3, -0.25) is 0 Å². The van der Waals surface area contributed by atoms with Gasteiger partial charge in [-0.05, 0) is 45.0 Å². The second-order valence-corrected chi connectivity index (χ2v) is 8.74. The number of aliphatic carboxylic acids is 1. The van der Waals surface area contributed by atoms with Crippen LogP contribution in [0.4, 0.5) is 9.18 Å². The minimum atomic E-state index is -1.34. The van der Waals surface area contributed by atoms with Gasteiger partial charge >= 0.3 is 12.1 Å². The first-order valence-electron chi connectivity index (χ1n) is 11.7. The Morgan fingerprint density at radius 1 is 0.833 bits per heavy atom. The first kappa shape index (κ1) is 23.3. The highest BCUT2D eigenvalue weighted by molar-refractivity contribution is 5.81. The number of carboxylic acids is 1. The second-order valence-electron chi connectivity index (χ2n) is 8.74. The number of carbonyl (C=O) groups excluding carboxylic acids is 1. The molecule has 36 heavy (non-hydrogen) atoms. The first-order chi connectivity index (χ1) is 17.5. The molecule has 1 aliphatic rings. The number of carboxylic acid groups (broad SMARTS) is 1. The van der Waals surface area contributed by atoms with E-state index in [1.165, 1.54) is 6.07 Å². The van der Waals surface area contributed by atoms with Gasteiger partial charge in [0.2, 0.25) is 0 Å². The minimum absolute atomic E-state index is 0.0618. The minimum Gasteiger partial charge on any atom is -0.480 e. The molecule has 0 unspecified atom stereocenters. The Morgan fingerprint density at radius 3 is 2.06 bits per heavy atom. The van der Waals surface area contributed by atoms with E-state index in [2.05, 4.69) is 5.32 Å². The smallest absolute Gasteiger partial charge is 0.407 e. The van der Waals surface area contributed by atoms with Crippen molar-refractivity contribution in [1.29, 1.82) is 0 Å². The van der Waals surface area contributed by atoms with Crippen LogP contribution < -0.4 is 5.32 Å². The van der Waals surface area contributed by atoms with E-state index in [-0.39, 0.29) is 24.5 Å². The average Bonchev–Trinajstić information content (AvgIpc) is 3.22. The van der Waals surface area contributed by atoms with Crippen molar-refractivity contribution in [3.63, 3.8) is 0 Å². The Kier molecular flexibility index (Phi) is 6.50. The van der Waals surface area contributed by atoms with Crippen molar-refractivity contribution in [1.82, 2.24) is 5.32 Å². The van der Waals surface area contributed by atoms with Crippen LogP contribution in [0.1, 0.15) is 22.6 Å². The van der Waals surface area contributed by atoms with E-state index in [4.69, 9.17) is 4.74 Å². The molecule has 0 fully saturated rings. The summed E-state index contributed by atoms with van der Waals surface area (Å²) in [6.07, 6.45) is -1.06. The Hall–Kier alpha value is -4.45. The topological polar surface area (TPSA) is 75.6 Å². The highest BCUT2D eigenvalue weighted by atomic mass is 19.1. The number of fused-ring (bicyclic) bond motifs is 3.